The fourth-order valence-electron chi connectivity index (χ4n) is 1.84. The van der Waals surface area contributed by atoms with Gasteiger partial charge in [0.1, 0.15) is 10.7 Å². The number of nitrogens with one attached hydrogen (secondary N) is 1. The number of hydrogen-bond donors (Lipinski definition) is 2. The van der Waals surface area contributed by atoms with Crippen LogP contribution in [0, 0.1) is 5.82 Å². The first-order valence-electron chi connectivity index (χ1n) is 6.12. The highest BCUT2D eigenvalue weighted by atomic mass is 79.9. The van der Waals surface area contributed by atoms with Crippen molar-refractivity contribution in [2.24, 2.45) is 0 Å². The SMILES string of the molecule is C[C@H](NS(=O)(=O)c1cc(N)ccc1F)c1ccc(Br)cc1. The number of rotatable bonds is 4. The van der Waals surface area contributed by atoms with Crippen molar-refractivity contribution in [2.75, 3.05) is 5.73 Å². The third-order valence-electron chi connectivity index (χ3n) is 2.95. The van der Waals surface area contributed by atoms with Crippen molar-refractivity contribution in [1.82, 2.24) is 4.72 Å². The molecule has 3 N–H and O–H groups in total. The van der Waals surface area contributed by atoms with Gasteiger partial charge < -0.3 is 5.73 Å². The van der Waals surface area contributed by atoms with Crippen LogP contribution in [0.1, 0.15) is 18.5 Å². The molecule has 1 atom stereocenters. The fourth-order valence-corrected chi connectivity index (χ4v) is 3.45. The van der Waals surface area contributed by atoms with Crippen LogP contribution in [0.15, 0.2) is 51.8 Å². The van der Waals surface area contributed by atoms with Crippen molar-refractivity contribution in [3.63, 3.8) is 0 Å². The van der Waals surface area contributed by atoms with Gasteiger partial charge in [-0.3, -0.25) is 0 Å². The standard InChI is InChI=1S/C14H14BrFN2O2S/c1-9(10-2-4-11(15)5-3-10)18-21(19,20)14-8-12(17)6-7-13(14)16/h2-9,18H,17H2,1H3/t9-/m0/s1. The zero-order valence-corrected chi connectivity index (χ0v) is 13.6. The highest BCUT2D eigenvalue weighted by Crippen LogP contribution is 2.22. The molecular formula is C14H14BrFN2O2S. The molecule has 0 spiro atoms. The normalized spacial score (nSPS) is 13.1. The van der Waals surface area contributed by atoms with E-state index in [-0.39, 0.29) is 5.69 Å². The summed E-state index contributed by atoms with van der Waals surface area (Å²) < 4.78 is 41.5. The van der Waals surface area contributed by atoms with E-state index in [4.69, 9.17) is 5.73 Å². The van der Waals surface area contributed by atoms with E-state index in [2.05, 4.69) is 20.7 Å². The van der Waals surface area contributed by atoms with Crippen LogP contribution in [0.2, 0.25) is 0 Å². The van der Waals surface area contributed by atoms with Crippen LogP contribution in [0.5, 0.6) is 0 Å². The molecule has 0 aliphatic rings. The Morgan fingerprint density at radius 1 is 1.19 bits per heavy atom. The average Bonchev–Trinajstić information content (AvgIpc) is 2.41. The highest BCUT2D eigenvalue weighted by Gasteiger charge is 2.22. The Balaban J connectivity index is 2.28. The molecule has 0 fully saturated rings. The van der Waals surface area contributed by atoms with Crippen molar-refractivity contribution in [3.8, 4) is 0 Å². The number of nitrogens with two attached hydrogens (primary N) is 1. The number of halogens is 2. The van der Waals surface area contributed by atoms with Crippen LogP contribution < -0.4 is 10.5 Å². The van der Waals surface area contributed by atoms with Gasteiger partial charge in [0, 0.05) is 16.2 Å². The van der Waals surface area contributed by atoms with Gasteiger partial charge in [0.05, 0.1) is 0 Å². The summed E-state index contributed by atoms with van der Waals surface area (Å²) in [4.78, 5) is -0.452. The van der Waals surface area contributed by atoms with Crippen LogP contribution in [0.4, 0.5) is 10.1 Å². The van der Waals surface area contributed by atoms with Crippen LogP contribution in [0.25, 0.3) is 0 Å². The highest BCUT2D eigenvalue weighted by molar-refractivity contribution is 9.10. The van der Waals surface area contributed by atoms with Gasteiger partial charge in [0.25, 0.3) is 0 Å². The topological polar surface area (TPSA) is 72.2 Å². The summed E-state index contributed by atoms with van der Waals surface area (Å²) in [6, 6.07) is 10.1. The molecule has 7 heteroatoms. The molecule has 0 bridgehead atoms. The van der Waals surface area contributed by atoms with Crippen LogP contribution >= 0.6 is 15.9 Å². The summed E-state index contributed by atoms with van der Waals surface area (Å²) in [6.45, 7) is 1.69. The maximum atomic E-state index is 13.7. The lowest BCUT2D eigenvalue weighted by molar-refractivity contribution is 0.547. The van der Waals surface area contributed by atoms with E-state index in [0.717, 1.165) is 22.2 Å². The molecule has 2 aromatic rings. The third-order valence-corrected chi connectivity index (χ3v) is 5.03. The van der Waals surface area contributed by atoms with E-state index in [9.17, 15) is 12.8 Å². The second-order valence-electron chi connectivity index (χ2n) is 4.58. The number of hydrogen-bond acceptors (Lipinski definition) is 3. The van der Waals surface area contributed by atoms with Gasteiger partial charge >= 0.3 is 0 Å². The maximum Gasteiger partial charge on any atom is 0.244 e. The zero-order valence-electron chi connectivity index (χ0n) is 11.2. The first-order valence-corrected chi connectivity index (χ1v) is 8.40. The van der Waals surface area contributed by atoms with Gasteiger partial charge in [-0.1, -0.05) is 28.1 Å². The zero-order chi connectivity index (χ0) is 15.6. The molecule has 2 aromatic carbocycles. The van der Waals surface area contributed by atoms with Gasteiger partial charge in [-0.2, -0.15) is 0 Å². The van der Waals surface area contributed by atoms with E-state index < -0.39 is 26.8 Å². The van der Waals surface area contributed by atoms with Crippen molar-refractivity contribution in [1.29, 1.82) is 0 Å². The molecule has 4 nitrogen and oxygen atoms in total. The summed E-state index contributed by atoms with van der Waals surface area (Å²) in [5.41, 5.74) is 6.48. The monoisotopic (exact) mass is 372 g/mol. The van der Waals surface area contributed by atoms with Gasteiger partial charge in [0.2, 0.25) is 10.0 Å². The van der Waals surface area contributed by atoms with Crippen LogP contribution in [-0.2, 0) is 10.0 Å². The minimum absolute atomic E-state index is 0.188. The van der Waals surface area contributed by atoms with E-state index in [1.807, 2.05) is 0 Å². The molecule has 0 aliphatic heterocycles. The van der Waals surface area contributed by atoms with Crippen molar-refractivity contribution in [2.45, 2.75) is 17.9 Å². The van der Waals surface area contributed by atoms with E-state index in [0.29, 0.717) is 0 Å². The van der Waals surface area contributed by atoms with E-state index in [1.165, 1.54) is 6.07 Å². The third kappa shape index (κ3) is 3.81. The van der Waals surface area contributed by atoms with Gasteiger partial charge in [-0.05, 0) is 42.8 Å². The summed E-state index contributed by atoms with van der Waals surface area (Å²) in [6.07, 6.45) is 0. The molecule has 0 heterocycles. The Kier molecular flexibility index (Phi) is 4.65. The van der Waals surface area contributed by atoms with Gasteiger partial charge in [0.15, 0.2) is 0 Å². The molecule has 0 radical (unpaired) electrons. The molecule has 0 aliphatic carbocycles. The first-order chi connectivity index (χ1) is 9.79. The molecule has 112 valence electrons. The Morgan fingerprint density at radius 3 is 2.43 bits per heavy atom. The van der Waals surface area contributed by atoms with Crippen molar-refractivity contribution >= 4 is 31.6 Å². The summed E-state index contributed by atoms with van der Waals surface area (Å²) in [7, 11) is -3.99. The average molecular weight is 373 g/mol. The van der Waals surface area contributed by atoms with Crippen LogP contribution in [0.3, 0.4) is 0 Å². The molecule has 0 saturated carbocycles. The maximum absolute atomic E-state index is 13.7. The number of benzene rings is 2. The summed E-state index contributed by atoms with van der Waals surface area (Å²) in [5, 5.41) is 0. The fraction of sp³-hybridized carbons (Fsp3) is 0.143. The van der Waals surface area contributed by atoms with E-state index in [1.54, 1.807) is 31.2 Å². The molecule has 0 unspecified atom stereocenters. The van der Waals surface area contributed by atoms with Crippen LogP contribution in [-0.4, -0.2) is 8.42 Å². The second kappa shape index (κ2) is 6.13. The Hall–Kier alpha value is -1.44. The number of anilines is 1. The minimum Gasteiger partial charge on any atom is -0.399 e. The Bertz CT molecular complexity index is 748. The Labute approximate surface area is 131 Å². The largest absolute Gasteiger partial charge is 0.399 e. The lowest BCUT2D eigenvalue weighted by Crippen LogP contribution is -2.27. The van der Waals surface area contributed by atoms with Gasteiger partial charge in [-0.15, -0.1) is 0 Å². The number of nitrogen functional groups attached to an aromatic ring is 1. The molecule has 0 amide bonds. The first kappa shape index (κ1) is 15.9. The molecule has 21 heavy (non-hydrogen) atoms. The quantitative estimate of drug-likeness (QED) is 0.809. The Morgan fingerprint density at radius 2 is 1.81 bits per heavy atom. The minimum atomic E-state index is -3.99. The molecule has 2 rings (SSSR count). The van der Waals surface area contributed by atoms with Crippen molar-refractivity contribution < 1.29 is 12.8 Å². The van der Waals surface area contributed by atoms with Crippen molar-refractivity contribution in [3.05, 3.63) is 58.3 Å². The molecular weight excluding hydrogens is 359 g/mol. The predicted octanol–water partition coefficient (Wildman–Crippen LogP) is 3.21. The predicted molar refractivity (Wildman–Crippen MR) is 83.7 cm³/mol. The summed E-state index contributed by atoms with van der Waals surface area (Å²) >= 11 is 3.31. The van der Waals surface area contributed by atoms with E-state index >= 15 is 0 Å². The van der Waals surface area contributed by atoms with Gasteiger partial charge in [-0.25, -0.2) is 17.5 Å². The lowest BCUT2D eigenvalue weighted by Gasteiger charge is -2.15. The lowest BCUT2D eigenvalue weighted by atomic mass is 10.1. The molecule has 0 saturated heterocycles. The summed E-state index contributed by atoms with van der Waals surface area (Å²) in [5.74, 6) is -0.834. The second-order valence-corrected chi connectivity index (χ2v) is 7.18. The number of sulfonamides is 1. The smallest absolute Gasteiger partial charge is 0.244 e. The molecule has 0 aromatic heterocycles.